The molecule has 0 saturated carbocycles. The Morgan fingerprint density at radius 3 is 2.30 bits per heavy atom. The first-order valence-corrected chi connectivity index (χ1v) is 9.40. The molecule has 130 valence electrons. The molecule has 1 aromatic carbocycles. The third-order valence-corrected chi connectivity index (χ3v) is 5.50. The van der Waals surface area contributed by atoms with Gasteiger partial charge in [0.1, 0.15) is 0 Å². The summed E-state index contributed by atoms with van der Waals surface area (Å²) in [5.74, 6) is 0. The topological polar surface area (TPSA) is 35.5 Å². The Morgan fingerprint density at radius 2 is 1.74 bits per heavy atom. The van der Waals surface area contributed by atoms with Gasteiger partial charge in [-0.1, -0.05) is 52.8 Å². The molecule has 0 bridgehead atoms. The summed E-state index contributed by atoms with van der Waals surface area (Å²) in [7, 11) is 0. The molecule has 0 aliphatic carbocycles. The lowest BCUT2D eigenvalue weighted by Gasteiger charge is -2.44. The standard InChI is InChI=1S/C19H32N2OS/c1-18(2,3)23-16-9-7-6-8-15(16)17(19(4,5)14-22)21-12-10-20-11-13-21/h6-9,17,20,22H,10-14H2,1-5H3/t17-/m1/s1. The molecule has 3 nitrogen and oxygen atoms in total. The molecule has 1 heterocycles. The van der Waals surface area contributed by atoms with Crippen LogP contribution < -0.4 is 5.32 Å². The summed E-state index contributed by atoms with van der Waals surface area (Å²) in [5, 5.41) is 13.5. The van der Waals surface area contributed by atoms with Gasteiger partial charge in [0.15, 0.2) is 0 Å². The van der Waals surface area contributed by atoms with Crippen LogP contribution in [0.3, 0.4) is 0 Å². The Balaban J connectivity index is 2.43. The van der Waals surface area contributed by atoms with Crippen molar-refractivity contribution in [2.24, 2.45) is 5.41 Å². The van der Waals surface area contributed by atoms with Crippen molar-refractivity contribution in [2.75, 3.05) is 32.8 Å². The van der Waals surface area contributed by atoms with E-state index in [9.17, 15) is 5.11 Å². The minimum absolute atomic E-state index is 0.174. The van der Waals surface area contributed by atoms with E-state index in [1.165, 1.54) is 10.5 Å². The molecule has 1 aliphatic heterocycles. The zero-order valence-electron chi connectivity index (χ0n) is 15.2. The number of benzene rings is 1. The van der Waals surface area contributed by atoms with Crippen LogP contribution in [-0.4, -0.2) is 47.5 Å². The van der Waals surface area contributed by atoms with Crippen LogP contribution in [0.2, 0.25) is 0 Å². The molecule has 0 aromatic heterocycles. The molecule has 0 unspecified atom stereocenters. The van der Waals surface area contributed by atoms with E-state index < -0.39 is 0 Å². The number of hydrogen-bond donors (Lipinski definition) is 2. The van der Waals surface area contributed by atoms with E-state index >= 15 is 0 Å². The number of nitrogens with one attached hydrogen (secondary N) is 1. The highest BCUT2D eigenvalue weighted by molar-refractivity contribution is 8.00. The van der Waals surface area contributed by atoms with Gasteiger partial charge in [-0.25, -0.2) is 0 Å². The minimum Gasteiger partial charge on any atom is -0.396 e. The average molecular weight is 337 g/mol. The second-order valence-corrected chi connectivity index (χ2v) is 9.96. The van der Waals surface area contributed by atoms with Crippen LogP contribution >= 0.6 is 11.8 Å². The molecule has 4 heteroatoms. The van der Waals surface area contributed by atoms with Gasteiger partial charge in [0.2, 0.25) is 0 Å². The van der Waals surface area contributed by atoms with Crippen LogP contribution in [-0.2, 0) is 0 Å². The summed E-state index contributed by atoms with van der Waals surface area (Å²) in [6.07, 6.45) is 0. The van der Waals surface area contributed by atoms with Gasteiger partial charge in [-0.15, -0.1) is 11.8 Å². The average Bonchev–Trinajstić information content (AvgIpc) is 2.49. The summed E-state index contributed by atoms with van der Waals surface area (Å²) < 4.78 is 0.174. The van der Waals surface area contributed by atoms with Crippen molar-refractivity contribution in [3.63, 3.8) is 0 Å². The number of thioether (sulfide) groups is 1. The summed E-state index contributed by atoms with van der Waals surface area (Å²) in [6.45, 7) is 15.4. The Kier molecular flexibility index (Phi) is 6.17. The molecular formula is C19H32N2OS. The lowest BCUT2D eigenvalue weighted by atomic mass is 9.79. The van der Waals surface area contributed by atoms with Gasteiger partial charge >= 0.3 is 0 Å². The maximum atomic E-state index is 10.0. The molecule has 0 amide bonds. The van der Waals surface area contributed by atoms with Crippen LogP contribution in [0.4, 0.5) is 0 Å². The highest BCUT2D eigenvalue weighted by Crippen LogP contribution is 2.44. The molecule has 1 fully saturated rings. The largest absolute Gasteiger partial charge is 0.396 e. The number of nitrogens with zero attached hydrogens (tertiary/aromatic N) is 1. The molecular weight excluding hydrogens is 304 g/mol. The van der Waals surface area contributed by atoms with Crippen molar-refractivity contribution in [1.82, 2.24) is 10.2 Å². The zero-order valence-corrected chi connectivity index (χ0v) is 16.0. The van der Waals surface area contributed by atoms with Gasteiger partial charge in [0.25, 0.3) is 0 Å². The van der Waals surface area contributed by atoms with E-state index in [0.717, 1.165) is 26.2 Å². The molecule has 0 spiro atoms. The van der Waals surface area contributed by atoms with Gasteiger partial charge in [-0.05, 0) is 11.6 Å². The van der Waals surface area contributed by atoms with Crippen LogP contribution in [0, 0.1) is 5.41 Å². The van der Waals surface area contributed by atoms with Crippen LogP contribution in [0.1, 0.15) is 46.2 Å². The van der Waals surface area contributed by atoms with Gasteiger partial charge in [0.05, 0.1) is 0 Å². The highest BCUT2D eigenvalue weighted by atomic mass is 32.2. The second kappa shape index (κ2) is 7.56. The first-order valence-electron chi connectivity index (χ1n) is 8.58. The van der Waals surface area contributed by atoms with Crippen molar-refractivity contribution in [1.29, 1.82) is 0 Å². The van der Waals surface area contributed by atoms with E-state index in [1.54, 1.807) is 0 Å². The molecule has 1 atom stereocenters. The van der Waals surface area contributed by atoms with Gasteiger partial charge in [-0.3, -0.25) is 4.90 Å². The lowest BCUT2D eigenvalue weighted by molar-refractivity contribution is 0.0291. The van der Waals surface area contributed by atoms with Crippen molar-refractivity contribution in [3.8, 4) is 0 Å². The third kappa shape index (κ3) is 4.96. The van der Waals surface area contributed by atoms with Crippen molar-refractivity contribution >= 4 is 11.8 Å². The van der Waals surface area contributed by atoms with Crippen molar-refractivity contribution in [3.05, 3.63) is 29.8 Å². The first kappa shape index (κ1) is 18.8. The van der Waals surface area contributed by atoms with Crippen LogP contribution in [0.15, 0.2) is 29.2 Å². The Hall–Kier alpha value is -0.550. The zero-order chi connectivity index (χ0) is 17.1. The quantitative estimate of drug-likeness (QED) is 0.806. The Bertz CT molecular complexity index is 504. The number of rotatable bonds is 5. The van der Waals surface area contributed by atoms with E-state index in [-0.39, 0.29) is 22.8 Å². The number of piperazine rings is 1. The van der Waals surface area contributed by atoms with Crippen molar-refractivity contribution < 1.29 is 5.11 Å². The number of aliphatic hydroxyl groups excluding tert-OH is 1. The summed E-state index contributed by atoms with van der Waals surface area (Å²) in [5.41, 5.74) is 1.18. The number of hydrogen-bond acceptors (Lipinski definition) is 4. The third-order valence-electron chi connectivity index (χ3n) is 4.29. The summed E-state index contributed by atoms with van der Waals surface area (Å²) in [6, 6.07) is 8.97. The molecule has 1 aromatic rings. The molecule has 23 heavy (non-hydrogen) atoms. The van der Waals surface area contributed by atoms with Crippen LogP contribution in [0.25, 0.3) is 0 Å². The summed E-state index contributed by atoms with van der Waals surface area (Å²) >= 11 is 1.92. The maximum Gasteiger partial charge on any atom is 0.0500 e. The van der Waals surface area contributed by atoms with E-state index in [0.29, 0.717) is 0 Å². The Labute approximate surface area is 145 Å². The fourth-order valence-corrected chi connectivity index (χ4v) is 4.37. The maximum absolute atomic E-state index is 10.0. The van der Waals surface area contributed by atoms with Gasteiger partial charge in [0, 0.05) is 53.9 Å². The predicted molar refractivity (Wildman–Crippen MR) is 100 cm³/mol. The normalized spacial score (nSPS) is 18.9. The second-order valence-electron chi connectivity index (χ2n) is 8.09. The van der Waals surface area contributed by atoms with Gasteiger partial charge in [-0.2, -0.15) is 0 Å². The van der Waals surface area contributed by atoms with E-state index in [1.807, 2.05) is 11.8 Å². The lowest BCUT2D eigenvalue weighted by Crippen LogP contribution is -2.49. The van der Waals surface area contributed by atoms with E-state index in [2.05, 4.69) is 69.1 Å². The SMILES string of the molecule is CC(C)(C)Sc1ccccc1[C@@H](N1CCNCC1)C(C)(C)CO. The molecule has 1 saturated heterocycles. The summed E-state index contributed by atoms with van der Waals surface area (Å²) in [4.78, 5) is 3.87. The van der Waals surface area contributed by atoms with E-state index in [4.69, 9.17) is 0 Å². The molecule has 2 rings (SSSR count). The molecule has 1 aliphatic rings. The predicted octanol–water partition coefficient (Wildman–Crippen LogP) is 3.54. The monoisotopic (exact) mass is 336 g/mol. The van der Waals surface area contributed by atoms with Crippen LogP contribution in [0.5, 0.6) is 0 Å². The minimum atomic E-state index is -0.175. The molecule has 0 radical (unpaired) electrons. The Morgan fingerprint density at radius 1 is 1.13 bits per heavy atom. The fourth-order valence-electron chi connectivity index (χ4n) is 3.27. The fraction of sp³-hybridized carbons (Fsp3) is 0.684. The first-order chi connectivity index (χ1) is 10.7. The van der Waals surface area contributed by atoms with Crippen molar-refractivity contribution in [2.45, 2.75) is 50.3 Å². The molecule has 2 N–H and O–H groups in total. The van der Waals surface area contributed by atoms with Gasteiger partial charge < -0.3 is 10.4 Å². The number of aliphatic hydroxyl groups is 1. The highest BCUT2D eigenvalue weighted by Gasteiger charge is 2.37. The smallest absolute Gasteiger partial charge is 0.0500 e.